The van der Waals surface area contributed by atoms with E-state index in [9.17, 15) is 4.79 Å². The van der Waals surface area contributed by atoms with Crippen LogP contribution in [0.1, 0.15) is 54.0 Å². The van der Waals surface area contributed by atoms with Gasteiger partial charge in [-0.25, -0.2) is 4.68 Å². The van der Waals surface area contributed by atoms with E-state index in [0.29, 0.717) is 24.8 Å². The van der Waals surface area contributed by atoms with E-state index in [1.54, 1.807) is 0 Å². The molecule has 8 nitrogen and oxygen atoms in total. The van der Waals surface area contributed by atoms with E-state index >= 15 is 0 Å². The van der Waals surface area contributed by atoms with Gasteiger partial charge >= 0.3 is 0 Å². The van der Waals surface area contributed by atoms with Crippen molar-refractivity contribution in [2.75, 3.05) is 32.8 Å². The van der Waals surface area contributed by atoms with E-state index < -0.39 is 0 Å². The second kappa shape index (κ2) is 8.92. The Balaban J connectivity index is 1.39. The number of aromatic nitrogens is 3. The van der Waals surface area contributed by atoms with Gasteiger partial charge in [-0.2, -0.15) is 0 Å². The van der Waals surface area contributed by atoms with E-state index in [-0.39, 0.29) is 18.1 Å². The molecule has 0 radical (unpaired) electrons. The van der Waals surface area contributed by atoms with Gasteiger partial charge in [-0.3, -0.25) is 9.69 Å². The summed E-state index contributed by atoms with van der Waals surface area (Å²) in [5.41, 5.74) is 4.93. The largest absolute Gasteiger partial charge is 0.381 e. The summed E-state index contributed by atoms with van der Waals surface area (Å²) in [5.74, 6) is -0.0637. The molecule has 5 rings (SSSR count). The number of benzene rings is 1. The molecule has 2 atom stereocenters. The number of nitrogens with zero attached hydrogens (tertiary/aromatic N) is 5. The molecule has 1 aromatic heterocycles. The molecule has 2 fully saturated rings. The van der Waals surface area contributed by atoms with E-state index in [0.717, 1.165) is 56.9 Å². The summed E-state index contributed by atoms with van der Waals surface area (Å²) >= 11 is 0. The number of ether oxygens (including phenoxy) is 2. The fourth-order valence-corrected chi connectivity index (χ4v) is 5.42. The number of fused-ring (bicyclic) bond motifs is 1. The zero-order chi connectivity index (χ0) is 22.2. The third kappa shape index (κ3) is 4.07. The lowest BCUT2D eigenvalue weighted by molar-refractivity contribution is -0.0587. The van der Waals surface area contributed by atoms with Gasteiger partial charge in [0.2, 0.25) is 0 Å². The molecule has 1 aromatic carbocycles. The molecule has 2 saturated heterocycles. The molecule has 0 spiro atoms. The van der Waals surface area contributed by atoms with Crippen LogP contribution in [-0.2, 0) is 22.4 Å². The monoisotopic (exact) mass is 439 g/mol. The standard InChI is InChI=1S/C24H33N5O3/c1-16-13-28(14-17(2)32-16)24(30)23-18(3)29(26-25-23)22-6-4-5-19-15-27(10-7-21(19)22)20-8-11-31-12-9-20/h4-6,16-17,20H,7-15H2,1-3H3/t16-,17-/m0/s1. The number of rotatable bonds is 3. The van der Waals surface area contributed by atoms with Gasteiger partial charge in [-0.05, 0) is 57.2 Å². The van der Waals surface area contributed by atoms with Crippen molar-refractivity contribution in [1.29, 1.82) is 0 Å². The molecule has 172 valence electrons. The van der Waals surface area contributed by atoms with Gasteiger partial charge in [0.15, 0.2) is 5.69 Å². The molecule has 0 bridgehead atoms. The highest BCUT2D eigenvalue weighted by atomic mass is 16.5. The van der Waals surface area contributed by atoms with Gasteiger partial charge in [0, 0.05) is 45.4 Å². The van der Waals surface area contributed by atoms with E-state index in [1.807, 2.05) is 30.4 Å². The molecule has 3 aliphatic rings. The number of hydrogen-bond acceptors (Lipinski definition) is 6. The smallest absolute Gasteiger partial charge is 0.276 e. The first-order valence-electron chi connectivity index (χ1n) is 11.8. The maximum atomic E-state index is 13.2. The van der Waals surface area contributed by atoms with Crippen molar-refractivity contribution in [2.24, 2.45) is 0 Å². The summed E-state index contributed by atoms with van der Waals surface area (Å²) in [6.07, 6.45) is 3.25. The Kier molecular flexibility index (Phi) is 6.01. The second-order valence-electron chi connectivity index (χ2n) is 9.38. The van der Waals surface area contributed by atoms with E-state index in [1.165, 1.54) is 11.1 Å². The van der Waals surface area contributed by atoms with Crippen molar-refractivity contribution in [1.82, 2.24) is 24.8 Å². The minimum atomic E-state index is -0.0637. The van der Waals surface area contributed by atoms with Crippen molar-refractivity contribution in [3.63, 3.8) is 0 Å². The lowest BCUT2D eigenvalue weighted by Gasteiger charge is -2.38. The van der Waals surface area contributed by atoms with Crippen molar-refractivity contribution >= 4 is 5.91 Å². The minimum absolute atomic E-state index is 0.0258. The average molecular weight is 440 g/mol. The average Bonchev–Trinajstić information content (AvgIpc) is 3.18. The first-order valence-corrected chi connectivity index (χ1v) is 11.8. The van der Waals surface area contributed by atoms with Crippen molar-refractivity contribution < 1.29 is 14.3 Å². The summed E-state index contributed by atoms with van der Waals surface area (Å²) in [7, 11) is 0. The van der Waals surface area contributed by atoms with Crippen LogP contribution in [0.3, 0.4) is 0 Å². The Labute approximate surface area is 189 Å². The molecule has 1 amide bonds. The summed E-state index contributed by atoms with van der Waals surface area (Å²) in [4.78, 5) is 17.6. The molecule has 0 aliphatic carbocycles. The normalized spacial score (nSPS) is 25.0. The molecular formula is C24H33N5O3. The van der Waals surface area contributed by atoms with Gasteiger partial charge in [0.25, 0.3) is 5.91 Å². The SMILES string of the molecule is Cc1c(C(=O)N2C[C@H](C)O[C@@H](C)C2)nnn1-c1cccc2c1CCN(C1CCOCC1)C2. The highest BCUT2D eigenvalue weighted by Crippen LogP contribution is 2.29. The van der Waals surface area contributed by atoms with E-state index in [4.69, 9.17) is 9.47 Å². The van der Waals surface area contributed by atoms with Crippen LogP contribution in [0.15, 0.2) is 18.2 Å². The third-order valence-electron chi connectivity index (χ3n) is 7.01. The topological polar surface area (TPSA) is 72.7 Å². The Morgan fingerprint density at radius 3 is 2.62 bits per heavy atom. The van der Waals surface area contributed by atoms with Crippen molar-refractivity contribution in [3.05, 3.63) is 40.7 Å². The maximum Gasteiger partial charge on any atom is 0.276 e. The number of morpholine rings is 1. The van der Waals surface area contributed by atoms with Crippen LogP contribution in [-0.4, -0.2) is 81.8 Å². The van der Waals surface area contributed by atoms with Crippen molar-refractivity contribution in [2.45, 2.75) is 64.8 Å². The third-order valence-corrected chi connectivity index (χ3v) is 7.01. The Hall–Kier alpha value is -2.29. The molecular weight excluding hydrogens is 406 g/mol. The number of hydrogen-bond donors (Lipinski definition) is 0. The Bertz CT molecular complexity index is 974. The Morgan fingerprint density at radius 1 is 1.12 bits per heavy atom. The summed E-state index contributed by atoms with van der Waals surface area (Å²) < 4.78 is 13.2. The number of carbonyl (C=O) groups is 1. The fourth-order valence-electron chi connectivity index (χ4n) is 5.42. The molecule has 2 aromatic rings. The van der Waals surface area contributed by atoms with Gasteiger partial charge in [0.1, 0.15) is 0 Å². The van der Waals surface area contributed by atoms with Gasteiger partial charge in [-0.15, -0.1) is 5.10 Å². The summed E-state index contributed by atoms with van der Waals surface area (Å²) in [5, 5.41) is 8.73. The van der Waals surface area contributed by atoms with Crippen LogP contribution in [0, 0.1) is 6.92 Å². The second-order valence-corrected chi connectivity index (χ2v) is 9.38. The van der Waals surface area contributed by atoms with Crippen LogP contribution < -0.4 is 0 Å². The van der Waals surface area contributed by atoms with Crippen LogP contribution >= 0.6 is 0 Å². The van der Waals surface area contributed by atoms with Crippen LogP contribution in [0.5, 0.6) is 0 Å². The fraction of sp³-hybridized carbons (Fsp3) is 0.625. The van der Waals surface area contributed by atoms with Gasteiger partial charge < -0.3 is 14.4 Å². The predicted molar refractivity (Wildman–Crippen MR) is 120 cm³/mol. The van der Waals surface area contributed by atoms with Gasteiger partial charge in [-0.1, -0.05) is 17.3 Å². The molecule has 3 aliphatic heterocycles. The first kappa shape index (κ1) is 21.6. The zero-order valence-electron chi connectivity index (χ0n) is 19.3. The summed E-state index contributed by atoms with van der Waals surface area (Å²) in [6.45, 7) is 10.8. The molecule has 0 N–H and O–H groups in total. The number of amides is 1. The summed E-state index contributed by atoms with van der Waals surface area (Å²) in [6, 6.07) is 7.02. The van der Waals surface area contributed by atoms with Crippen molar-refractivity contribution in [3.8, 4) is 5.69 Å². The molecule has 0 saturated carbocycles. The van der Waals surface area contributed by atoms with Crippen LogP contribution in [0.2, 0.25) is 0 Å². The van der Waals surface area contributed by atoms with E-state index in [2.05, 4.69) is 33.4 Å². The number of carbonyl (C=O) groups excluding carboxylic acids is 1. The lowest BCUT2D eigenvalue weighted by atomic mass is 9.95. The highest BCUT2D eigenvalue weighted by molar-refractivity contribution is 5.93. The maximum absolute atomic E-state index is 13.2. The Morgan fingerprint density at radius 2 is 1.88 bits per heavy atom. The molecule has 32 heavy (non-hydrogen) atoms. The lowest BCUT2D eigenvalue weighted by Crippen LogP contribution is -2.48. The molecule has 8 heteroatoms. The highest BCUT2D eigenvalue weighted by Gasteiger charge is 2.31. The van der Waals surface area contributed by atoms with Crippen LogP contribution in [0.4, 0.5) is 0 Å². The minimum Gasteiger partial charge on any atom is -0.381 e. The molecule has 0 unspecified atom stereocenters. The quantitative estimate of drug-likeness (QED) is 0.731. The zero-order valence-corrected chi connectivity index (χ0v) is 19.3. The van der Waals surface area contributed by atoms with Gasteiger partial charge in [0.05, 0.1) is 23.6 Å². The molecule has 4 heterocycles. The predicted octanol–water partition coefficient (Wildman–Crippen LogP) is 2.36. The van der Waals surface area contributed by atoms with Crippen LogP contribution in [0.25, 0.3) is 5.69 Å². The first-order chi connectivity index (χ1) is 15.5.